The zero-order chi connectivity index (χ0) is 20.1. The Balaban J connectivity index is 1.84. The number of imide groups is 1. The molecule has 0 aliphatic carbocycles. The van der Waals surface area contributed by atoms with Crippen molar-refractivity contribution in [2.45, 2.75) is 38.8 Å². The zero-order valence-corrected chi connectivity index (χ0v) is 15.7. The number of urea groups is 1. The lowest BCUT2D eigenvalue weighted by atomic mass is 10.1. The number of nitrogens with one attached hydrogen (secondary N) is 1. The van der Waals surface area contributed by atoms with Gasteiger partial charge in [0.15, 0.2) is 0 Å². The minimum absolute atomic E-state index is 0.0815. The lowest BCUT2D eigenvalue weighted by Crippen LogP contribution is -2.35. The van der Waals surface area contributed by atoms with E-state index in [0.29, 0.717) is 25.1 Å². The molecule has 7 heteroatoms. The van der Waals surface area contributed by atoms with Crippen molar-refractivity contribution in [2.75, 3.05) is 4.90 Å². The molecule has 1 saturated heterocycles. The molecule has 0 spiro atoms. The first-order valence-electron chi connectivity index (χ1n) is 9.19. The van der Waals surface area contributed by atoms with Gasteiger partial charge in [-0.25, -0.2) is 15.2 Å². The molecular formula is C21H23N3O4. The number of nitrogens with zero attached hydrogens (tertiary/aromatic N) is 2. The van der Waals surface area contributed by atoms with Crippen LogP contribution < -0.4 is 10.4 Å². The highest BCUT2D eigenvalue weighted by Crippen LogP contribution is 2.29. The van der Waals surface area contributed by atoms with Crippen LogP contribution in [0.5, 0.6) is 0 Å². The summed E-state index contributed by atoms with van der Waals surface area (Å²) in [5.74, 6) is -0.809. The molecule has 1 atom stereocenters. The number of carbonyl (C=O) groups is 3. The minimum Gasteiger partial charge on any atom is -0.308 e. The summed E-state index contributed by atoms with van der Waals surface area (Å²) in [6.07, 6.45) is 0.800. The van der Waals surface area contributed by atoms with Gasteiger partial charge in [-0.15, -0.1) is 0 Å². The topological polar surface area (TPSA) is 89.9 Å². The van der Waals surface area contributed by atoms with Crippen LogP contribution in [0, 0.1) is 6.92 Å². The maximum atomic E-state index is 13.1. The lowest BCUT2D eigenvalue weighted by molar-refractivity contribution is -0.129. The van der Waals surface area contributed by atoms with E-state index >= 15 is 0 Å². The van der Waals surface area contributed by atoms with Gasteiger partial charge in [0.25, 0.3) is 5.91 Å². The number of rotatable bonds is 7. The van der Waals surface area contributed by atoms with Gasteiger partial charge in [-0.1, -0.05) is 48.0 Å². The van der Waals surface area contributed by atoms with E-state index in [1.165, 1.54) is 4.90 Å². The average Bonchev–Trinajstić information content (AvgIpc) is 2.93. The molecule has 1 aliphatic rings. The Labute approximate surface area is 163 Å². The fraction of sp³-hybridized carbons (Fsp3) is 0.286. The van der Waals surface area contributed by atoms with Crippen LogP contribution >= 0.6 is 0 Å². The molecule has 0 saturated carbocycles. The Morgan fingerprint density at radius 1 is 1.07 bits per heavy atom. The molecule has 2 aromatic rings. The first kappa shape index (κ1) is 19.6. The van der Waals surface area contributed by atoms with Gasteiger partial charge in [-0.05, 0) is 37.5 Å². The van der Waals surface area contributed by atoms with Crippen molar-refractivity contribution in [1.29, 1.82) is 0 Å². The highest BCUT2D eigenvalue weighted by molar-refractivity contribution is 6.21. The van der Waals surface area contributed by atoms with Crippen LogP contribution in [0.1, 0.15) is 30.4 Å². The maximum absolute atomic E-state index is 13.1. The minimum atomic E-state index is -0.652. The van der Waals surface area contributed by atoms with Crippen LogP contribution in [0.4, 0.5) is 10.5 Å². The van der Waals surface area contributed by atoms with Gasteiger partial charge < -0.3 is 4.90 Å². The van der Waals surface area contributed by atoms with E-state index in [1.807, 2.05) is 49.4 Å². The van der Waals surface area contributed by atoms with E-state index in [2.05, 4.69) is 0 Å². The van der Waals surface area contributed by atoms with Crippen molar-refractivity contribution in [1.82, 2.24) is 10.4 Å². The largest absolute Gasteiger partial charge is 0.332 e. The first-order valence-corrected chi connectivity index (χ1v) is 9.19. The molecule has 1 fully saturated rings. The second kappa shape index (κ2) is 8.67. The highest BCUT2D eigenvalue weighted by Gasteiger charge is 2.45. The van der Waals surface area contributed by atoms with Crippen LogP contribution in [0.3, 0.4) is 0 Å². The molecule has 1 unspecified atom stereocenters. The standard InChI is InChI=1S/C21H23N3O4/c1-15-10-12-17(13-11-15)24-20(26)18(8-5-9-19(25)22-28)23(21(24)27)14-16-6-3-2-4-7-16/h2-4,6-7,10-13,18,28H,5,8-9,14H2,1H3,(H,22,25). The number of hydrogen-bond donors (Lipinski definition) is 2. The number of carbonyl (C=O) groups excluding carboxylic acids is 3. The number of amides is 4. The molecule has 4 amide bonds. The molecule has 3 rings (SSSR count). The second-order valence-electron chi connectivity index (χ2n) is 6.85. The summed E-state index contributed by atoms with van der Waals surface area (Å²) in [4.78, 5) is 40.2. The van der Waals surface area contributed by atoms with Crippen molar-refractivity contribution in [3.63, 3.8) is 0 Å². The third kappa shape index (κ3) is 4.20. The number of hydroxylamine groups is 1. The van der Waals surface area contributed by atoms with Gasteiger partial charge in [-0.2, -0.15) is 0 Å². The smallest absolute Gasteiger partial charge is 0.308 e. The molecule has 0 radical (unpaired) electrons. The number of aryl methyl sites for hydroxylation is 1. The summed E-state index contributed by atoms with van der Waals surface area (Å²) in [5, 5.41) is 8.64. The molecule has 1 aliphatic heterocycles. The maximum Gasteiger partial charge on any atom is 0.332 e. The van der Waals surface area contributed by atoms with Gasteiger partial charge in [0.2, 0.25) is 5.91 Å². The Hall–Kier alpha value is -3.19. The molecule has 2 N–H and O–H groups in total. The predicted molar refractivity (Wildman–Crippen MR) is 104 cm³/mol. The molecule has 28 heavy (non-hydrogen) atoms. The predicted octanol–water partition coefficient (Wildman–Crippen LogP) is 3.01. The molecule has 7 nitrogen and oxygen atoms in total. The third-order valence-electron chi connectivity index (χ3n) is 4.81. The monoisotopic (exact) mass is 381 g/mol. The summed E-state index contributed by atoms with van der Waals surface area (Å²) >= 11 is 0. The number of benzene rings is 2. The second-order valence-corrected chi connectivity index (χ2v) is 6.85. The van der Waals surface area contributed by atoms with Crippen molar-refractivity contribution < 1.29 is 19.6 Å². The fourth-order valence-corrected chi connectivity index (χ4v) is 3.32. The van der Waals surface area contributed by atoms with Crippen molar-refractivity contribution in [3.05, 3.63) is 65.7 Å². The molecule has 0 bridgehead atoms. The van der Waals surface area contributed by atoms with E-state index in [1.54, 1.807) is 22.5 Å². The number of anilines is 1. The Kier molecular flexibility index (Phi) is 6.06. The van der Waals surface area contributed by atoms with Gasteiger partial charge in [0.05, 0.1) is 5.69 Å². The normalized spacial score (nSPS) is 16.6. The van der Waals surface area contributed by atoms with Crippen molar-refractivity contribution in [3.8, 4) is 0 Å². The van der Waals surface area contributed by atoms with Crippen molar-refractivity contribution >= 4 is 23.5 Å². The van der Waals surface area contributed by atoms with Crippen molar-refractivity contribution in [2.24, 2.45) is 0 Å². The Bertz CT molecular complexity index is 852. The zero-order valence-electron chi connectivity index (χ0n) is 15.7. The summed E-state index contributed by atoms with van der Waals surface area (Å²) in [6, 6.07) is 15.7. The first-order chi connectivity index (χ1) is 13.5. The van der Waals surface area contributed by atoms with Gasteiger partial charge in [0, 0.05) is 13.0 Å². The quantitative estimate of drug-likeness (QED) is 0.438. The van der Waals surface area contributed by atoms with Crippen LogP contribution in [0.2, 0.25) is 0 Å². The summed E-state index contributed by atoms with van der Waals surface area (Å²) in [5.41, 5.74) is 4.08. The van der Waals surface area contributed by atoms with Gasteiger partial charge >= 0.3 is 6.03 Å². The van der Waals surface area contributed by atoms with Crippen LogP contribution in [-0.2, 0) is 16.1 Å². The SMILES string of the molecule is Cc1ccc(N2C(=O)C(CCCC(=O)NO)N(Cc3ccccc3)C2=O)cc1. The Morgan fingerprint density at radius 2 is 1.75 bits per heavy atom. The van der Waals surface area contributed by atoms with Crippen LogP contribution in [-0.4, -0.2) is 34.0 Å². The van der Waals surface area contributed by atoms with E-state index < -0.39 is 11.9 Å². The van der Waals surface area contributed by atoms with Gasteiger partial charge in [-0.3, -0.25) is 14.8 Å². The molecule has 2 aromatic carbocycles. The van der Waals surface area contributed by atoms with Crippen LogP contribution in [0.25, 0.3) is 0 Å². The third-order valence-corrected chi connectivity index (χ3v) is 4.81. The van der Waals surface area contributed by atoms with Gasteiger partial charge in [0.1, 0.15) is 6.04 Å². The fourth-order valence-electron chi connectivity index (χ4n) is 3.32. The summed E-state index contributed by atoms with van der Waals surface area (Å²) in [7, 11) is 0. The molecule has 146 valence electrons. The molecule has 0 aromatic heterocycles. The summed E-state index contributed by atoms with van der Waals surface area (Å²) in [6.45, 7) is 2.25. The van der Waals surface area contributed by atoms with E-state index in [0.717, 1.165) is 11.1 Å². The Morgan fingerprint density at radius 3 is 2.39 bits per heavy atom. The number of hydrogen-bond acceptors (Lipinski definition) is 4. The van der Waals surface area contributed by atoms with E-state index in [4.69, 9.17) is 5.21 Å². The summed E-state index contributed by atoms with van der Waals surface area (Å²) < 4.78 is 0. The average molecular weight is 381 g/mol. The molecular weight excluding hydrogens is 358 g/mol. The molecule has 1 heterocycles. The van der Waals surface area contributed by atoms with Crippen LogP contribution in [0.15, 0.2) is 54.6 Å². The van der Waals surface area contributed by atoms with E-state index in [-0.39, 0.29) is 18.4 Å². The highest BCUT2D eigenvalue weighted by atomic mass is 16.5. The van der Waals surface area contributed by atoms with E-state index in [9.17, 15) is 14.4 Å². The lowest BCUT2D eigenvalue weighted by Gasteiger charge is -2.21.